The predicted octanol–water partition coefficient (Wildman–Crippen LogP) is 2.87. The van der Waals surface area contributed by atoms with Crippen LogP contribution in [0.4, 0.5) is 0 Å². The van der Waals surface area contributed by atoms with Crippen molar-refractivity contribution >= 4 is 45.1 Å². The number of hydrogen-bond donors (Lipinski definition) is 4. The van der Waals surface area contributed by atoms with Crippen LogP contribution >= 0.6 is 12.4 Å². The van der Waals surface area contributed by atoms with Crippen molar-refractivity contribution in [3.63, 3.8) is 0 Å². The zero-order valence-electron chi connectivity index (χ0n) is 19.9. The van der Waals surface area contributed by atoms with E-state index in [0.717, 1.165) is 35.7 Å². The van der Waals surface area contributed by atoms with Gasteiger partial charge in [-0.15, -0.1) is 12.4 Å². The highest BCUT2D eigenvalue weighted by molar-refractivity contribution is 7.89. The molecule has 10 heteroatoms. The first kappa shape index (κ1) is 27.4. The number of nitrogens with two attached hydrogens (primary N) is 1. The minimum atomic E-state index is -3.94. The number of amides is 1. The van der Waals surface area contributed by atoms with Crippen molar-refractivity contribution in [3.8, 4) is 0 Å². The molecule has 5 N–H and O–H groups in total. The number of benzene rings is 3. The van der Waals surface area contributed by atoms with Crippen LogP contribution in [0.25, 0.3) is 10.8 Å². The first-order valence-corrected chi connectivity index (χ1v) is 13.2. The van der Waals surface area contributed by atoms with Crippen molar-refractivity contribution in [1.82, 2.24) is 14.9 Å². The molecule has 1 aliphatic heterocycles. The van der Waals surface area contributed by atoms with Gasteiger partial charge in [-0.25, -0.2) is 8.42 Å². The van der Waals surface area contributed by atoms with Crippen LogP contribution in [0.1, 0.15) is 18.4 Å². The topological polar surface area (TPSA) is 128 Å². The number of sulfonamides is 1. The summed E-state index contributed by atoms with van der Waals surface area (Å²) in [5, 5.41) is 12.3. The minimum absolute atomic E-state index is 0. The SMILES string of the molecule is Cl.N=C(N)N1CCCC(CNC(=O)[C@@H](Cc2ccccc2)NS(=O)(=O)c2ccc3ccccc3c2)C1. The summed E-state index contributed by atoms with van der Waals surface area (Å²) in [4.78, 5) is 15.1. The standard InChI is InChI=1S/C26H31N5O3S.ClH/c27-26(28)31-14-6-9-20(18-31)17-29-25(32)24(15-19-7-2-1-3-8-19)30-35(33,34)23-13-12-21-10-4-5-11-22(21)16-23;/h1-5,7-8,10-13,16,20,24,30H,6,9,14-15,17-18H2,(H3,27,28)(H,29,32);1H/t20?,24-;/m1./s1. The summed E-state index contributed by atoms with van der Waals surface area (Å²) in [6, 6.07) is 20.8. The van der Waals surface area contributed by atoms with E-state index in [1.807, 2.05) is 54.6 Å². The molecule has 1 unspecified atom stereocenters. The number of hydrogen-bond acceptors (Lipinski definition) is 4. The number of carbonyl (C=O) groups is 1. The van der Waals surface area contributed by atoms with E-state index in [-0.39, 0.29) is 41.5 Å². The molecule has 192 valence electrons. The Kier molecular flexibility index (Phi) is 9.31. The zero-order valence-corrected chi connectivity index (χ0v) is 21.5. The lowest BCUT2D eigenvalue weighted by atomic mass is 9.98. The van der Waals surface area contributed by atoms with E-state index in [9.17, 15) is 13.2 Å². The maximum Gasteiger partial charge on any atom is 0.241 e. The van der Waals surface area contributed by atoms with Gasteiger partial charge in [-0.2, -0.15) is 4.72 Å². The fourth-order valence-electron chi connectivity index (χ4n) is 4.45. The predicted molar refractivity (Wildman–Crippen MR) is 145 cm³/mol. The lowest BCUT2D eigenvalue weighted by molar-refractivity contribution is -0.122. The van der Waals surface area contributed by atoms with Crippen molar-refractivity contribution in [2.75, 3.05) is 19.6 Å². The highest BCUT2D eigenvalue weighted by Crippen LogP contribution is 2.20. The molecule has 0 aliphatic carbocycles. The molecule has 0 bridgehead atoms. The Labute approximate surface area is 218 Å². The number of rotatable bonds is 8. The van der Waals surface area contributed by atoms with E-state index in [1.165, 1.54) is 0 Å². The molecule has 1 amide bonds. The Hall–Kier alpha value is -3.14. The van der Waals surface area contributed by atoms with Gasteiger partial charge in [0.25, 0.3) is 0 Å². The summed E-state index contributed by atoms with van der Waals surface area (Å²) in [6.45, 7) is 1.73. The highest BCUT2D eigenvalue weighted by atomic mass is 35.5. The molecule has 8 nitrogen and oxygen atoms in total. The summed E-state index contributed by atoms with van der Waals surface area (Å²) in [5.41, 5.74) is 6.48. The molecule has 1 heterocycles. The van der Waals surface area contributed by atoms with Crippen molar-refractivity contribution in [2.45, 2.75) is 30.2 Å². The summed E-state index contributed by atoms with van der Waals surface area (Å²) in [6.07, 6.45) is 2.03. The Morgan fingerprint density at radius 2 is 1.75 bits per heavy atom. The molecule has 2 atom stereocenters. The van der Waals surface area contributed by atoms with Gasteiger partial charge in [-0.05, 0) is 53.6 Å². The average molecular weight is 530 g/mol. The van der Waals surface area contributed by atoms with Crippen LogP contribution in [-0.4, -0.2) is 50.9 Å². The quantitative estimate of drug-likeness (QED) is 0.263. The maximum absolute atomic E-state index is 13.3. The van der Waals surface area contributed by atoms with Crippen molar-refractivity contribution in [1.29, 1.82) is 5.41 Å². The van der Waals surface area contributed by atoms with Crippen LogP contribution in [-0.2, 0) is 21.2 Å². The number of piperidine rings is 1. The van der Waals surface area contributed by atoms with E-state index in [0.29, 0.717) is 13.1 Å². The van der Waals surface area contributed by atoms with Gasteiger partial charge in [0, 0.05) is 19.6 Å². The van der Waals surface area contributed by atoms with Crippen LogP contribution in [0.3, 0.4) is 0 Å². The van der Waals surface area contributed by atoms with Gasteiger partial charge >= 0.3 is 0 Å². The average Bonchev–Trinajstić information content (AvgIpc) is 2.87. The number of carbonyl (C=O) groups excluding carboxylic acids is 1. The monoisotopic (exact) mass is 529 g/mol. The van der Waals surface area contributed by atoms with Gasteiger partial charge < -0.3 is 16.0 Å². The van der Waals surface area contributed by atoms with Gasteiger partial charge in [0.2, 0.25) is 15.9 Å². The summed E-state index contributed by atoms with van der Waals surface area (Å²) >= 11 is 0. The third-order valence-corrected chi connectivity index (χ3v) is 7.82. The maximum atomic E-state index is 13.3. The normalized spacial score (nSPS) is 16.7. The molecule has 1 fully saturated rings. The summed E-state index contributed by atoms with van der Waals surface area (Å²) in [7, 11) is -3.94. The fourth-order valence-corrected chi connectivity index (χ4v) is 5.68. The van der Waals surface area contributed by atoms with E-state index >= 15 is 0 Å². The summed E-state index contributed by atoms with van der Waals surface area (Å²) in [5.74, 6) is -0.199. The molecule has 0 spiro atoms. The number of halogens is 1. The van der Waals surface area contributed by atoms with E-state index in [1.54, 1.807) is 23.1 Å². The van der Waals surface area contributed by atoms with Crippen molar-refractivity contribution in [2.24, 2.45) is 11.7 Å². The molecule has 4 rings (SSSR count). The number of nitrogens with zero attached hydrogens (tertiary/aromatic N) is 1. The van der Waals surface area contributed by atoms with Gasteiger partial charge in [-0.1, -0.05) is 60.7 Å². The molecule has 0 aromatic heterocycles. The molecular weight excluding hydrogens is 498 g/mol. The largest absolute Gasteiger partial charge is 0.370 e. The minimum Gasteiger partial charge on any atom is -0.370 e. The Bertz CT molecular complexity index is 1300. The van der Waals surface area contributed by atoms with Gasteiger partial charge in [0.05, 0.1) is 4.90 Å². The van der Waals surface area contributed by atoms with Crippen LogP contribution in [0.15, 0.2) is 77.7 Å². The van der Waals surface area contributed by atoms with Gasteiger partial charge in [-0.3, -0.25) is 10.2 Å². The smallest absolute Gasteiger partial charge is 0.241 e. The molecule has 36 heavy (non-hydrogen) atoms. The van der Waals surface area contributed by atoms with Crippen LogP contribution in [0, 0.1) is 11.3 Å². The lowest BCUT2D eigenvalue weighted by Gasteiger charge is -2.33. The van der Waals surface area contributed by atoms with Crippen molar-refractivity contribution < 1.29 is 13.2 Å². The molecule has 3 aromatic rings. The highest BCUT2D eigenvalue weighted by Gasteiger charge is 2.28. The molecule has 0 saturated carbocycles. The molecule has 0 radical (unpaired) electrons. The third kappa shape index (κ3) is 6.96. The third-order valence-electron chi connectivity index (χ3n) is 6.35. The number of nitrogens with one attached hydrogen (secondary N) is 3. The molecule has 3 aromatic carbocycles. The van der Waals surface area contributed by atoms with Crippen LogP contribution in [0.5, 0.6) is 0 Å². The second kappa shape index (κ2) is 12.2. The van der Waals surface area contributed by atoms with Crippen molar-refractivity contribution in [3.05, 3.63) is 78.4 Å². The first-order valence-electron chi connectivity index (χ1n) is 11.7. The van der Waals surface area contributed by atoms with Gasteiger partial charge in [0.1, 0.15) is 6.04 Å². The van der Waals surface area contributed by atoms with Crippen LogP contribution in [0.2, 0.25) is 0 Å². The second-order valence-electron chi connectivity index (χ2n) is 8.96. The molecule has 1 aliphatic rings. The summed E-state index contributed by atoms with van der Waals surface area (Å²) < 4.78 is 29.2. The number of guanidine groups is 1. The lowest BCUT2D eigenvalue weighted by Crippen LogP contribution is -2.51. The fraction of sp³-hybridized carbons (Fsp3) is 0.308. The Morgan fingerprint density at radius 1 is 1.06 bits per heavy atom. The first-order chi connectivity index (χ1) is 16.8. The zero-order chi connectivity index (χ0) is 24.8. The van der Waals surface area contributed by atoms with Crippen LogP contribution < -0.4 is 15.8 Å². The Morgan fingerprint density at radius 3 is 2.47 bits per heavy atom. The number of likely N-dealkylation sites (tertiary alicyclic amines) is 1. The van der Waals surface area contributed by atoms with E-state index in [4.69, 9.17) is 11.1 Å². The molecular formula is C26H32ClN5O3S. The molecule has 1 saturated heterocycles. The van der Waals surface area contributed by atoms with E-state index < -0.39 is 16.1 Å². The van der Waals surface area contributed by atoms with Gasteiger partial charge in [0.15, 0.2) is 5.96 Å². The number of fused-ring (bicyclic) bond motifs is 1. The van der Waals surface area contributed by atoms with E-state index in [2.05, 4.69) is 10.0 Å². The second-order valence-corrected chi connectivity index (χ2v) is 10.7. The Balaban J connectivity index is 0.00000361.